The van der Waals surface area contributed by atoms with E-state index in [0.29, 0.717) is 6.54 Å². The van der Waals surface area contributed by atoms with Crippen LogP contribution in [0.15, 0.2) is 48.5 Å². The molecule has 2 aliphatic heterocycles. The Bertz CT molecular complexity index is 817. The average Bonchev–Trinajstić information content (AvgIpc) is 3.02. The third-order valence-electron chi connectivity index (χ3n) is 5.25. The summed E-state index contributed by atoms with van der Waals surface area (Å²) in [7, 11) is 1.68. The van der Waals surface area contributed by atoms with Crippen molar-refractivity contribution in [2.45, 2.75) is 25.5 Å². The minimum absolute atomic E-state index is 0.535. The van der Waals surface area contributed by atoms with Crippen LogP contribution in [0.3, 0.4) is 0 Å². The van der Waals surface area contributed by atoms with Gasteiger partial charge in [-0.1, -0.05) is 31.2 Å². The molecule has 0 fully saturated rings. The molecule has 2 heterocycles. The Labute approximate surface area is 159 Å². The van der Waals surface area contributed by atoms with Gasteiger partial charge in [0.25, 0.3) is 5.72 Å². The van der Waals surface area contributed by atoms with Crippen molar-refractivity contribution < 1.29 is 14.4 Å². The summed E-state index contributed by atoms with van der Waals surface area (Å²) in [4.78, 5) is 2.23. The van der Waals surface area contributed by atoms with Gasteiger partial charge in [0.1, 0.15) is 11.4 Å². The zero-order valence-electron chi connectivity index (χ0n) is 15.3. The predicted octanol–water partition coefficient (Wildman–Crippen LogP) is 3.43. The minimum atomic E-state index is -0.991. The van der Waals surface area contributed by atoms with Gasteiger partial charge >= 0.3 is 5.17 Å². The topological polar surface area (TPSA) is 35.7 Å². The van der Waals surface area contributed by atoms with Crippen molar-refractivity contribution in [3.63, 3.8) is 0 Å². The SMILES string of the molecule is CCc1ccc(C2(O)CN(c3ccc(OC)cc3)C3=[N+]2CCCS3)cc1. The normalized spacial score (nSPS) is 22.5. The van der Waals surface area contributed by atoms with E-state index in [1.54, 1.807) is 7.11 Å². The second-order valence-corrected chi connectivity index (χ2v) is 7.85. The molecule has 2 aromatic rings. The highest BCUT2D eigenvalue weighted by atomic mass is 32.2. The van der Waals surface area contributed by atoms with Gasteiger partial charge in [-0.2, -0.15) is 0 Å². The molecule has 1 unspecified atom stereocenters. The highest BCUT2D eigenvalue weighted by Crippen LogP contribution is 2.38. The van der Waals surface area contributed by atoms with E-state index in [1.165, 1.54) is 5.56 Å². The molecule has 4 nitrogen and oxygen atoms in total. The third-order valence-corrected chi connectivity index (χ3v) is 6.44. The average molecular weight is 370 g/mol. The maximum atomic E-state index is 11.7. The monoisotopic (exact) mass is 369 g/mol. The predicted molar refractivity (Wildman–Crippen MR) is 107 cm³/mol. The molecule has 4 rings (SSSR count). The number of aryl methyl sites for hydroxylation is 1. The van der Waals surface area contributed by atoms with Crippen molar-refractivity contribution >= 4 is 22.6 Å². The first kappa shape index (κ1) is 17.4. The number of aliphatic hydroxyl groups is 1. The first-order valence-electron chi connectivity index (χ1n) is 9.16. The largest absolute Gasteiger partial charge is 0.497 e. The van der Waals surface area contributed by atoms with Crippen LogP contribution in [0.2, 0.25) is 0 Å². The second-order valence-electron chi connectivity index (χ2n) is 6.79. The lowest BCUT2D eigenvalue weighted by molar-refractivity contribution is -0.656. The molecular weight excluding hydrogens is 344 g/mol. The quantitative estimate of drug-likeness (QED) is 0.838. The van der Waals surface area contributed by atoms with E-state index in [-0.39, 0.29) is 0 Å². The van der Waals surface area contributed by atoms with Crippen molar-refractivity contribution in [1.82, 2.24) is 0 Å². The molecule has 26 heavy (non-hydrogen) atoms. The Balaban J connectivity index is 1.73. The molecule has 0 bridgehead atoms. The van der Waals surface area contributed by atoms with E-state index < -0.39 is 5.72 Å². The van der Waals surface area contributed by atoms with E-state index in [2.05, 4.69) is 52.8 Å². The highest BCUT2D eigenvalue weighted by Gasteiger charge is 2.53. The van der Waals surface area contributed by atoms with Gasteiger partial charge in [0.2, 0.25) is 0 Å². The fourth-order valence-electron chi connectivity index (χ4n) is 3.72. The van der Waals surface area contributed by atoms with Gasteiger partial charge in [0, 0.05) is 11.3 Å². The molecule has 0 spiro atoms. The Morgan fingerprint density at radius 1 is 1.15 bits per heavy atom. The Morgan fingerprint density at radius 2 is 1.88 bits per heavy atom. The number of amidine groups is 1. The molecule has 0 radical (unpaired) electrons. The van der Waals surface area contributed by atoms with Crippen LogP contribution in [-0.4, -0.2) is 40.8 Å². The molecule has 2 aromatic carbocycles. The molecule has 1 atom stereocenters. The summed E-state index contributed by atoms with van der Waals surface area (Å²) >= 11 is 1.83. The number of hydrogen-bond acceptors (Lipinski definition) is 4. The molecular formula is C21H25N2O2S+. The Kier molecular flexibility index (Phi) is 4.67. The number of thioether (sulfide) groups is 1. The van der Waals surface area contributed by atoms with Crippen LogP contribution in [0, 0.1) is 0 Å². The smallest absolute Gasteiger partial charge is 0.316 e. The second kappa shape index (κ2) is 6.97. The molecule has 0 aromatic heterocycles. The summed E-state index contributed by atoms with van der Waals surface area (Å²) < 4.78 is 7.45. The Morgan fingerprint density at radius 3 is 2.54 bits per heavy atom. The lowest BCUT2D eigenvalue weighted by Gasteiger charge is -2.24. The van der Waals surface area contributed by atoms with Gasteiger partial charge < -0.3 is 9.84 Å². The van der Waals surface area contributed by atoms with Crippen molar-refractivity contribution in [1.29, 1.82) is 0 Å². The maximum Gasteiger partial charge on any atom is 0.316 e. The summed E-state index contributed by atoms with van der Waals surface area (Å²) in [5, 5.41) is 12.8. The van der Waals surface area contributed by atoms with Crippen molar-refractivity contribution in [2.24, 2.45) is 0 Å². The zero-order chi connectivity index (χ0) is 18.1. The van der Waals surface area contributed by atoms with Gasteiger partial charge in [0.05, 0.1) is 13.7 Å². The van der Waals surface area contributed by atoms with Crippen molar-refractivity contribution in [3.05, 3.63) is 59.7 Å². The maximum absolute atomic E-state index is 11.7. The third kappa shape index (κ3) is 2.89. The first-order chi connectivity index (χ1) is 12.7. The number of ether oxygens (including phenoxy) is 1. The van der Waals surface area contributed by atoms with E-state index in [4.69, 9.17) is 4.74 Å². The lowest BCUT2D eigenvalue weighted by atomic mass is 10.00. The highest BCUT2D eigenvalue weighted by molar-refractivity contribution is 8.13. The van der Waals surface area contributed by atoms with Gasteiger partial charge in [-0.15, -0.1) is 0 Å². The summed E-state index contributed by atoms with van der Waals surface area (Å²) in [5.41, 5.74) is 2.35. The van der Waals surface area contributed by atoms with Gasteiger partial charge in [-0.3, -0.25) is 0 Å². The van der Waals surface area contributed by atoms with Crippen LogP contribution in [0.4, 0.5) is 5.69 Å². The van der Waals surface area contributed by atoms with Gasteiger partial charge in [-0.25, -0.2) is 9.48 Å². The van der Waals surface area contributed by atoms with E-state index in [0.717, 1.165) is 47.3 Å². The Hall–Kier alpha value is -1.98. The van der Waals surface area contributed by atoms with E-state index in [1.807, 2.05) is 23.9 Å². The zero-order valence-corrected chi connectivity index (χ0v) is 16.1. The van der Waals surface area contributed by atoms with Crippen LogP contribution in [0.5, 0.6) is 5.75 Å². The number of anilines is 1. The summed E-state index contributed by atoms with van der Waals surface area (Å²) in [6, 6.07) is 16.5. The number of benzene rings is 2. The number of hydrogen-bond donors (Lipinski definition) is 1. The molecule has 0 saturated heterocycles. The summed E-state index contributed by atoms with van der Waals surface area (Å²) in [6.07, 6.45) is 2.09. The van der Waals surface area contributed by atoms with Gasteiger partial charge in [-0.05, 0) is 54.4 Å². The first-order valence-corrected chi connectivity index (χ1v) is 10.1. The minimum Gasteiger partial charge on any atom is -0.497 e. The molecule has 5 heteroatoms. The summed E-state index contributed by atoms with van der Waals surface area (Å²) in [6.45, 7) is 3.56. The van der Waals surface area contributed by atoms with Crippen LogP contribution >= 0.6 is 11.8 Å². The number of β-amino-alcohol motifs (C(OH)–C–C–N with tert-alkyl or cyclic N) is 1. The summed E-state index contributed by atoms with van der Waals surface area (Å²) in [5.74, 6) is 1.93. The number of nitrogens with zero attached hydrogens (tertiary/aromatic N) is 2. The van der Waals surface area contributed by atoms with E-state index in [9.17, 15) is 5.11 Å². The van der Waals surface area contributed by atoms with Crippen LogP contribution < -0.4 is 9.64 Å². The van der Waals surface area contributed by atoms with Crippen LogP contribution in [0.25, 0.3) is 0 Å². The van der Waals surface area contributed by atoms with Crippen molar-refractivity contribution in [2.75, 3.05) is 30.9 Å². The van der Waals surface area contributed by atoms with Crippen LogP contribution in [0.1, 0.15) is 24.5 Å². The fourth-order valence-corrected chi connectivity index (χ4v) is 4.90. The van der Waals surface area contributed by atoms with Crippen LogP contribution in [-0.2, 0) is 12.1 Å². The molecule has 0 amide bonds. The lowest BCUT2D eigenvalue weighted by Crippen LogP contribution is -2.41. The van der Waals surface area contributed by atoms with Gasteiger partial charge in [0.15, 0.2) is 6.54 Å². The molecule has 136 valence electrons. The van der Waals surface area contributed by atoms with Crippen molar-refractivity contribution in [3.8, 4) is 5.75 Å². The molecule has 0 saturated carbocycles. The standard InChI is InChI=1S/C21H25N2O2S/c1-3-16-5-7-17(8-6-16)21(24)15-22(20-23(21)13-4-14-26-20)18-9-11-19(25-2)12-10-18/h5-12,24H,3-4,13-15H2,1-2H3/q+1. The molecule has 0 aliphatic carbocycles. The number of methoxy groups -OCH3 is 1. The van der Waals surface area contributed by atoms with E-state index >= 15 is 0 Å². The molecule has 1 N–H and O–H groups in total. The number of rotatable bonds is 4. The molecule has 2 aliphatic rings. The fraction of sp³-hybridized carbons (Fsp3) is 0.381.